The summed E-state index contributed by atoms with van der Waals surface area (Å²) in [6, 6.07) is 14.0. The van der Waals surface area contributed by atoms with Crippen molar-refractivity contribution in [3.8, 4) is 0 Å². The number of rotatable bonds is 5. The molecular formula is C21H19F3N2O2. The molecule has 0 spiro atoms. The van der Waals surface area contributed by atoms with E-state index in [-0.39, 0.29) is 12.0 Å². The van der Waals surface area contributed by atoms with Gasteiger partial charge >= 0.3 is 12.3 Å². The number of amides is 1. The summed E-state index contributed by atoms with van der Waals surface area (Å²) in [6.07, 6.45) is -3.01. The average molecular weight is 388 g/mol. The van der Waals surface area contributed by atoms with Gasteiger partial charge in [-0.1, -0.05) is 37.3 Å². The van der Waals surface area contributed by atoms with Crippen LogP contribution in [0.4, 0.5) is 23.7 Å². The fourth-order valence-corrected chi connectivity index (χ4v) is 2.87. The number of nitrogens with zero attached hydrogens (tertiary/aromatic N) is 2. The third kappa shape index (κ3) is 4.42. The molecule has 0 saturated heterocycles. The van der Waals surface area contributed by atoms with Crippen LogP contribution in [0.15, 0.2) is 60.8 Å². The highest BCUT2D eigenvalue weighted by Gasteiger charge is 2.31. The standard InChI is InChI=1S/C21H19F3N2O2/c1-2-12-26(20(27)28-14-15-6-4-3-5-7-15)19-10-11-25-18-9-8-16(13-17(18)19)21(22,23)24/h3-11,13H,2,12,14H2,1H3. The third-order valence-electron chi connectivity index (χ3n) is 4.21. The highest BCUT2D eigenvalue weighted by Crippen LogP contribution is 2.34. The van der Waals surface area contributed by atoms with E-state index < -0.39 is 17.8 Å². The number of anilines is 1. The van der Waals surface area contributed by atoms with Crippen LogP contribution in [0.5, 0.6) is 0 Å². The molecule has 4 nitrogen and oxygen atoms in total. The van der Waals surface area contributed by atoms with E-state index in [0.717, 1.165) is 17.7 Å². The smallest absolute Gasteiger partial charge is 0.416 e. The molecule has 0 saturated carbocycles. The van der Waals surface area contributed by atoms with Gasteiger partial charge in [-0.25, -0.2) is 4.79 Å². The van der Waals surface area contributed by atoms with Gasteiger partial charge in [-0.2, -0.15) is 13.2 Å². The topological polar surface area (TPSA) is 42.4 Å². The van der Waals surface area contributed by atoms with Gasteiger partial charge in [0.05, 0.1) is 16.8 Å². The number of ether oxygens (including phenoxy) is 1. The van der Waals surface area contributed by atoms with Gasteiger partial charge in [0.1, 0.15) is 6.61 Å². The molecule has 1 heterocycles. The zero-order valence-electron chi connectivity index (χ0n) is 15.2. The van der Waals surface area contributed by atoms with Crippen molar-refractivity contribution < 1.29 is 22.7 Å². The van der Waals surface area contributed by atoms with Crippen LogP contribution >= 0.6 is 0 Å². The van der Waals surface area contributed by atoms with E-state index in [2.05, 4.69) is 4.98 Å². The SMILES string of the molecule is CCCN(C(=O)OCc1ccccc1)c1ccnc2ccc(C(F)(F)F)cc12. The quantitative estimate of drug-likeness (QED) is 0.554. The van der Waals surface area contributed by atoms with Crippen molar-refractivity contribution in [3.05, 3.63) is 71.9 Å². The van der Waals surface area contributed by atoms with E-state index in [9.17, 15) is 18.0 Å². The Hall–Kier alpha value is -3.09. The summed E-state index contributed by atoms with van der Waals surface area (Å²) in [7, 11) is 0. The second kappa shape index (κ2) is 8.29. The van der Waals surface area contributed by atoms with Crippen LogP contribution in [0.2, 0.25) is 0 Å². The molecule has 1 amide bonds. The molecule has 28 heavy (non-hydrogen) atoms. The molecular weight excluding hydrogens is 369 g/mol. The fourth-order valence-electron chi connectivity index (χ4n) is 2.87. The maximum absolute atomic E-state index is 13.1. The minimum Gasteiger partial charge on any atom is -0.444 e. The molecule has 0 aliphatic carbocycles. The molecule has 0 atom stereocenters. The summed E-state index contributed by atoms with van der Waals surface area (Å²) in [6.45, 7) is 2.27. The average Bonchev–Trinajstić information content (AvgIpc) is 2.69. The van der Waals surface area contributed by atoms with Gasteiger partial charge in [-0.05, 0) is 36.2 Å². The molecule has 1 aromatic heterocycles. The number of hydrogen-bond acceptors (Lipinski definition) is 3. The molecule has 0 aliphatic heterocycles. The summed E-state index contributed by atoms with van der Waals surface area (Å²) in [5.41, 5.74) is 0.757. The number of pyridine rings is 1. The van der Waals surface area contributed by atoms with Gasteiger partial charge in [-0.3, -0.25) is 9.88 Å². The van der Waals surface area contributed by atoms with Crippen molar-refractivity contribution in [3.63, 3.8) is 0 Å². The predicted octanol–water partition coefficient (Wildman–Crippen LogP) is 5.81. The van der Waals surface area contributed by atoms with E-state index >= 15 is 0 Å². The highest BCUT2D eigenvalue weighted by molar-refractivity contribution is 6.00. The first-order valence-electron chi connectivity index (χ1n) is 8.84. The molecule has 0 unspecified atom stereocenters. The molecule has 3 rings (SSSR count). The largest absolute Gasteiger partial charge is 0.444 e. The van der Waals surface area contributed by atoms with Crippen LogP contribution in [0.3, 0.4) is 0 Å². The van der Waals surface area contributed by atoms with Crippen molar-refractivity contribution in [1.29, 1.82) is 0 Å². The number of fused-ring (bicyclic) bond motifs is 1. The second-order valence-corrected chi connectivity index (χ2v) is 6.25. The van der Waals surface area contributed by atoms with Gasteiger partial charge in [0.25, 0.3) is 0 Å². The molecule has 0 aliphatic rings. The van der Waals surface area contributed by atoms with Crippen LogP contribution in [-0.2, 0) is 17.5 Å². The Morgan fingerprint density at radius 1 is 1.11 bits per heavy atom. The van der Waals surface area contributed by atoms with Crippen LogP contribution in [0.25, 0.3) is 10.9 Å². The van der Waals surface area contributed by atoms with Crippen molar-refractivity contribution in [2.45, 2.75) is 26.1 Å². The number of benzene rings is 2. The summed E-state index contributed by atoms with van der Waals surface area (Å²) in [5, 5.41) is 0.252. The first-order valence-corrected chi connectivity index (χ1v) is 8.84. The number of carbonyl (C=O) groups is 1. The Balaban J connectivity index is 1.94. The molecule has 7 heteroatoms. The van der Waals surface area contributed by atoms with Crippen molar-refractivity contribution in [2.75, 3.05) is 11.4 Å². The van der Waals surface area contributed by atoms with Gasteiger partial charge in [0.2, 0.25) is 0 Å². The van der Waals surface area contributed by atoms with E-state index in [1.807, 2.05) is 37.3 Å². The van der Waals surface area contributed by atoms with Gasteiger partial charge in [-0.15, -0.1) is 0 Å². The third-order valence-corrected chi connectivity index (χ3v) is 4.21. The number of aromatic nitrogens is 1. The summed E-state index contributed by atoms with van der Waals surface area (Å²) in [4.78, 5) is 18.2. The lowest BCUT2D eigenvalue weighted by atomic mass is 10.1. The van der Waals surface area contributed by atoms with Crippen molar-refractivity contribution >= 4 is 22.7 Å². The molecule has 146 valence electrons. The zero-order valence-corrected chi connectivity index (χ0v) is 15.2. The highest BCUT2D eigenvalue weighted by atomic mass is 19.4. The minimum absolute atomic E-state index is 0.0801. The first kappa shape index (κ1) is 19.7. The van der Waals surface area contributed by atoms with E-state index in [0.29, 0.717) is 24.2 Å². The lowest BCUT2D eigenvalue weighted by Gasteiger charge is -2.23. The van der Waals surface area contributed by atoms with E-state index in [4.69, 9.17) is 4.74 Å². The van der Waals surface area contributed by atoms with Crippen molar-refractivity contribution in [1.82, 2.24) is 4.98 Å². The predicted molar refractivity (Wildman–Crippen MR) is 101 cm³/mol. The van der Waals surface area contributed by atoms with Crippen LogP contribution in [-0.4, -0.2) is 17.6 Å². The van der Waals surface area contributed by atoms with E-state index in [1.165, 1.54) is 23.2 Å². The summed E-state index contributed by atoms with van der Waals surface area (Å²) in [5.74, 6) is 0. The molecule has 0 bridgehead atoms. The normalized spacial score (nSPS) is 11.4. The Labute approximate surface area is 160 Å². The fraction of sp³-hybridized carbons (Fsp3) is 0.238. The number of alkyl halides is 3. The Morgan fingerprint density at radius 2 is 1.86 bits per heavy atom. The summed E-state index contributed by atoms with van der Waals surface area (Å²) < 4.78 is 44.8. The lowest BCUT2D eigenvalue weighted by Crippen LogP contribution is -2.32. The Bertz CT molecular complexity index is 959. The lowest BCUT2D eigenvalue weighted by molar-refractivity contribution is -0.137. The molecule has 2 aromatic carbocycles. The van der Waals surface area contributed by atoms with Gasteiger partial charge in [0, 0.05) is 18.1 Å². The maximum Gasteiger partial charge on any atom is 0.416 e. The van der Waals surface area contributed by atoms with Crippen molar-refractivity contribution in [2.24, 2.45) is 0 Å². The number of hydrogen-bond donors (Lipinski definition) is 0. The van der Waals surface area contributed by atoms with Gasteiger partial charge in [0.15, 0.2) is 0 Å². The Morgan fingerprint density at radius 3 is 2.54 bits per heavy atom. The number of halogens is 3. The van der Waals surface area contributed by atoms with Gasteiger partial charge < -0.3 is 4.74 Å². The van der Waals surface area contributed by atoms with Crippen LogP contribution < -0.4 is 4.90 Å². The summed E-state index contributed by atoms with van der Waals surface area (Å²) >= 11 is 0. The monoisotopic (exact) mass is 388 g/mol. The minimum atomic E-state index is -4.48. The van der Waals surface area contributed by atoms with E-state index in [1.54, 1.807) is 0 Å². The first-order chi connectivity index (χ1) is 13.4. The second-order valence-electron chi connectivity index (χ2n) is 6.25. The molecule has 0 N–H and O–H groups in total. The number of carbonyl (C=O) groups excluding carboxylic acids is 1. The maximum atomic E-state index is 13.1. The Kier molecular flexibility index (Phi) is 5.82. The zero-order chi connectivity index (χ0) is 20.1. The van der Waals surface area contributed by atoms with Crippen LogP contribution in [0, 0.1) is 0 Å². The molecule has 0 fully saturated rings. The molecule has 0 radical (unpaired) electrons. The molecule has 3 aromatic rings. The van der Waals surface area contributed by atoms with Crippen LogP contribution in [0.1, 0.15) is 24.5 Å².